The Hall–Kier alpha value is -7.70. The first-order valence-electron chi connectivity index (χ1n) is 18.5. The molecule has 262 valence electrons. The smallest absolute Gasteiger partial charge is 0.160 e. The molecule has 7 aromatic carbocycles. The lowest BCUT2D eigenvalue weighted by atomic mass is 9.95. The summed E-state index contributed by atoms with van der Waals surface area (Å²) >= 11 is 0. The van der Waals surface area contributed by atoms with Crippen molar-refractivity contribution in [1.29, 1.82) is 0 Å². The van der Waals surface area contributed by atoms with Crippen LogP contribution in [0.25, 0.3) is 111 Å². The maximum absolute atomic E-state index is 6.70. The van der Waals surface area contributed by atoms with Gasteiger partial charge in [-0.3, -0.25) is 0 Å². The number of hydrogen-bond acceptors (Lipinski definition) is 6. The van der Waals surface area contributed by atoms with Gasteiger partial charge in [0.1, 0.15) is 22.3 Å². The number of furan rings is 2. The van der Waals surface area contributed by atoms with Crippen molar-refractivity contribution in [3.63, 3.8) is 0 Å². The van der Waals surface area contributed by atoms with E-state index in [1.807, 2.05) is 91.3 Å². The average molecular weight is 719 g/mol. The van der Waals surface area contributed by atoms with E-state index >= 15 is 0 Å². The Balaban J connectivity index is 1.04. The zero-order valence-corrected chi connectivity index (χ0v) is 29.9. The molecule has 4 heterocycles. The highest BCUT2D eigenvalue weighted by atomic mass is 16.3. The lowest BCUT2D eigenvalue weighted by Crippen LogP contribution is -1.96. The van der Waals surface area contributed by atoms with Gasteiger partial charge in [0.05, 0.1) is 11.4 Å². The molecule has 0 atom stereocenters. The summed E-state index contributed by atoms with van der Waals surface area (Å²) < 4.78 is 13.0. The summed E-state index contributed by atoms with van der Waals surface area (Å²) in [4.78, 5) is 19.7. The van der Waals surface area contributed by atoms with Gasteiger partial charge >= 0.3 is 0 Å². The molecule has 0 saturated heterocycles. The second-order valence-electron chi connectivity index (χ2n) is 13.8. The molecule has 0 aliphatic heterocycles. The largest absolute Gasteiger partial charge is 0.456 e. The summed E-state index contributed by atoms with van der Waals surface area (Å²) in [6, 6.07) is 57.6. The molecule has 11 rings (SSSR count). The Morgan fingerprint density at radius 1 is 0.339 bits per heavy atom. The highest BCUT2D eigenvalue weighted by Crippen LogP contribution is 2.43. The van der Waals surface area contributed by atoms with Gasteiger partial charge in [0.2, 0.25) is 0 Å². The minimum atomic E-state index is 0.629. The van der Waals surface area contributed by atoms with Crippen LogP contribution in [0.2, 0.25) is 0 Å². The van der Waals surface area contributed by atoms with Crippen molar-refractivity contribution < 1.29 is 8.83 Å². The van der Waals surface area contributed by atoms with Crippen LogP contribution >= 0.6 is 0 Å². The lowest BCUT2D eigenvalue weighted by Gasteiger charge is -2.12. The predicted molar refractivity (Wildman–Crippen MR) is 225 cm³/mol. The second-order valence-corrected chi connectivity index (χ2v) is 13.8. The fourth-order valence-corrected chi connectivity index (χ4v) is 7.66. The van der Waals surface area contributed by atoms with E-state index in [0.29, 0.717) is 11.6 Å². The van der Waals surface area contributed by atoms with Crippen molar-refractivity contribution in [3.8, 4) is 67.5 Å². The fourth-order valence-electron chi connectivity index (χ4n) is 7.66. The normalized spacial score (nSPS) is 11.6. The number of benzene rings is 7. The van der Waals surface area contributed by atoms with Crippen LogP contribution < -0.4 is 0 Å². The van der Waals surface area contributed by atoms with E-state index in [1.165, 1.54) is 0 Å². The molecule has 6 heteroatoms. The quantitative estimate of drug-likeness (QED) is 0.170. The third-order valence-electron chi connectivity index (χ3n) is 10.4. The summed E-state index contributed by atoms with van der Waals surface area (Å²) in [6.07, 6.45) is 3.74. The monoisotopic (exact) mass is 718 g/mol. The van der Waals surface area contributed by atoms with Gasteiger partial charge in [-0.25, -0.2) is 19.9 Å². The van der Waals surface area contributed by atoms with Crippen LogP contribution in [0.5, 0.6) is 0 Å². The van der Waals surface area contributed by atoms with Crippen molar-refractivity contribution in [2.24, 2.45) is 0 Å². The van der Waals surface area contributed by atoms with Crippen molar-refractivity contribution in [1.82, 2.24) is 19.9 Å². The van der Waals surface area contributed by atoms with Gasteiger partial charge < -0.3 is 8.83 Å². The molecule has 4 aromatic heterocycles. The van der Waals surface area contributed by atoms with Gasteiger partial charge in [0.25, 0.3) is 0 Å². The Bertz CT molecular complexity index is 3220. The van der Waals surface area contributed by atoms with Crippen molar-refractivity contribution >= 4 is 43.9 Å². The van der Waals surface area contributed by atoms with Crippen LogP contribution in [-0.4, -0.2) is 19.9 Å². The molecular formula is C50H30N4O2. The van der Waals surface area contributed by atoms with E-state index in [-0.39, 0.29) is 0 Å². The lowest BCUT2D eigenvalue weighted by molar-refractivity contribution is 0.668. The zero-order valence-electron chi connectivity index (χ0n) is 29.9. The first-order chi connectivity index (χ1) is 27.7. The SMILES string of the molecule is c1ccc(-c2cc(-c3ccc(-c4ccc5c(c4)oc4ccccc45)c4oc5ccccc5c34)nc(-c3ccc(-c4cnc(-c5ccccc5)nc4)cc3)n2)cc1. The Labute approximate surface area is 321 Å². The third-order valence-corrected chi connectivity index (χ3v) is 10.4. The minimum absolute atomic E-state index is 0.629. The first kappa shape index (κ1) is 31.8. The fraction of sp³-hybridized carbons (Fsp3) is 0. The number of aromatic nitrogens is 4. The zero-order chi connectivity index (χ0) is 37.0. The maximum atomic E-state index is 6.70. The number of nitrogens with zero attached hydrogens (tertiary/aromatic N) is 4. The first-order valence-corrected chi connectivity index (χ1v) is 18.5. The minimum Gasteiger partial charge on any atom is -0.456 e. The third kappa shape index (κ3) is 5.43. The molecule has 0 saturated carbocycles. The Morgan fingerprint density at radius 2 is 0.911 bits per heavy atom. The second kappa shape index (κ2) is 13.0. The number of hydrogen-bond donors (Lipinski definition) is 0. The summed E-state index contributed by atoms with van der Waals surface area (Å²) in [5.41, 5.74) is 12.8. The predicted octanol–water partition coefficient (Wildman–Crippen LogP) is 13.1. The maximum Gasteiger partial charge on any atom is 0.160 e. The Morgan fingerprint density at radius 3 is 1.68 bits per heavy atom. The molecule has 0 aliphatic rings. The topological polar surface area (TPSA) is 77.8 Å². The summed E-state index contributed by atoms with van der Waals surface area (Å²) in [7, 11) is 0. The van der Waals surface area contributed by atoms with Crippen LogP contribution in [0.15, 0.2) is 191 Å². The molecule has 0 spiro atoms. The summed E-state index contributed by atoms with van der Waals surface area (Å²) in [5.74, 6) is 1.33. The molecule has 0 aliphatic carbocycles. The van der Waals surface area contributed by atoms with E-state index < -0.39 is 0 Å². The molecule has 0 fully saturated rings. The van der Waals surface area contributed by atoms with Crippen molar-refractivity contribution in [2.45, 2.75) is 0 Å². The summed E-state index contributed by atoms with van der Waals surface area (Å²) in [6.45, 7) is 0. The molecule has 0 N–H and O–H groups in total. The van der Waals surface area contributed by atoms with Gasteiger partial charge in [-0.2, -0.15) is 0 Å². The van der Waals surface area contributed by atoms with E-state index in [1.54, 1.807) is 0 Å². The van der Waals surface area contributed by atoms with Gasteiger partial charge in [-0.05, 0) is 47.5 Å². The molecule has 0 radical (unpaired) electrons. The van der Waals surface area contributed by atoms with Gasteiger partial charge in [-0.1, -0.05) is 133 Å². The molecule has 0 amide bonds. The molecule has 0 unspecified atom stereocenters. The highest BCUT2D eigenvalue weighted by molar-refractivity contribution is 6.16. The van der Waals surface area contributed by atoms with Crippen LogP contribution in [0.3, 0.4) is 0 Å². The number of para-hydroxylation sites is 2. The number of fused-ring (bicyclic) bond motifs is 6. The van der Waals surface area contributed by atoms with Crippen molar-refractivity contribution in [2.75, 3.05) is 0 Å². The average Bonchev–Trinajstić information content (AvgIpc) is 3.85. The highest BCUT2D eigenvalue weighted by Gasteiger charge is 2.20. The standard InChI is InChI=1S/C50H30N4O2/c1-3-11-32(12-4-1)42-28-43(54-50(53-42)34-21-19-31(20-22-34)36-29-51-49(52-30-36)33-13-5-2-6-14-33)40-26-25-37(48-47(40)41-16-8-10-18-45(41)56-48)35-23-24-39-38-15-7-9-17-44(38)55-46(39)27-35/h1-30H. The molecule has 56 heavy (non-hydrogen) atoms. The van der Waals surface area contributed by atoms with Gasteiger partial charge in [0.15, 0.2) is 11.6 Å². The summed E-state index contributed by atoms with van der Waals surface area (Å²) in [5, 5.41) is 4.22. The van der Waals surface area contributed by atoms with Crippen LogP contribution in [0.4, 0.5) is 0 Å². The Kier molecular flexibility index (Phi) is 7.38. The number of rotatable bonds is 6. The van der Waals surface area contributed by atoms with Gasteiger partial charge in [-0.15, -0.1) is 0 Å². The van der Waals surface area contributed by atoms with E-state index in [2.05, 4.69) is 101 Å². The van der Waals surface area contributed by atoms with E-state index in [9.17, 15) is 0 Å². The van der Waals surface area contributed by atoms with E-state index in [0.717, 1.165) is 99.8 Å². The van der Waals surface area contributed by atoms with Crippen LogP contribution in [-0.2, 0) is 0 Å². The van der Waals surface area contributed by atoms with E-state index in [4.69, 9.17) is 18.8 Å². The molecule has 11 aromatic rings. The molecule has 0 bridgehead atoms. The van der Waals surface area contributed by atoms with Crippen LogP contribution in [0.1, 0.15) is 0 Å². The molecule has 6 nitrogen and oxygen atoms in total. The van der Waals surface area contributed by atoms with Crippen molar-refractivity contribution in [3.05, 3.63) is 182 Å². The van der Waals surface area contributed by atoms with Gasteiger partial charge in [0, 0.05) is 67.3 Å². The van der Waals surface area contributed by atoms with Crippen LogP contribution in [0, 0.1) is 0 Å². The molecular weight excluding hydrogens is 689 g/mol.